The average Bonchev–Trinajstić information content (AvgIpc) is 3.02. The van der Waals surface area contributed by atoms with Gasteiger partial charge in [0.25, 0.3) is 0 Å². The van der Waals surface area contributed by atoms with Gasteiger partial charge in [-0.15, -0.1) is 11.3 Å². The van der Waals surface area contributed by atoms with E-state index in [1.807, 2.05) is 0 Å². The summed E-state index contributed by atoms with van der Waals surface area (Å²) in [6.07, 6.45) is -5.93. The van der Waals surface area contributed by atoms with Gasteiger partial charge in [0.2, 0.25) is 0 Å². The Balaban J connectivity index is -0.0000000405. The predicted octanol–water partition coefficient (Wildman–Crippen LogP) is 13.2. The zero-order valence-electron chi connectivity index (χ0n) is 13.7. The van der Waals surface area contributed by atoms with E-state index in [1.165, 1.54) is 42.7 Å². The molecular weight excluding hydrogens is 571 g/mol. The number of hydrogen-bond donors (Lipinski definition) is 0. The van der Waals surface area contributed by atoms with Gasteiger partial charge < -0.3 is 4.74 Å². The Morgan fingerprint density at radius 2 is 1.22 bits per heavy atom. The Hall–Kier alpha value is -1.94. The number of methoxy groups -OCH3 is 1. The van der Waals surface area contributed by atoms with Gasteiger partial charge in [0.15, 0.2) is 9.84 Å². The first-order valence-electron chi connectivity index (χ1n) is 7.52. The summed E-state index contributed by atoms with van der Waals surface area (Å²) >= 11 is 1.27. The highest BCUT2D eigenvalue weighted by atomic mass is 32.2. The number of benzene rings is 1. The maximum absolute atomic E-state index is 12.1. The first kappa shape index (κ1) is 90.1. The summed E-state index contributed by atoms with van der Waals surface area (Å²) in [5, 5.41) is 2.29. The highest BCUT2D eigenvalue weighted by molar-refractivity contribution is 7.91. The Kier molecular flexibility index (Phi) is 83.6. The minimum absolute atomic E-state index is 0. The van der Waals surface area contributed by atoms with Crippen molar-refractivity contribution in [3.63, 3.8) is 0 Å². The van der Waals surface area contributed by atoms with Crippen molar-refractivity contribution < 1.29 is 31.1 Å². The summed E-state index contributed by atoms with van der Waals surface area (Å²) in [7, 11) is -2.49. The molecule has 0 unspecified atom stereocenters. The number of nitrogens with zero attached hydrogens (tertiary/aromatic N) is 1. The molecule has 262 valence electrons. The van der Waals surface area contributed by atoms with E-state index >= 15 is 0 Å². The van der Waals surface area contributed by atoms with E-state index in [9.17, 15) is 26.4 Å². The number of aromatic nitrogens is 1. The van der Waals surface area contributed by atoms with E-state index < -0.39 is 40.6 Å². The number of rotatable bonds is 7. The van der Waals surface area contributed by atoms with Gasteiger partial charge in [-0.3, -0.25) is 4.79 Å². The van der Waals surface area contributed by atoms with Crippen molar-refractivity contribution >= 4 is 27.1 Å². The summed E-state index contributed by atoms with van der Waals surface area (Å²) in [5.74, 6) is -0.975. The van der Waals surface area contributed by atoms with Crippen molar-refractivity contribution in [3.8, 4) is 11.3 Å². The molecule has 0 aliphatic carbocycles. The van der Waals surface area contributed by atoms with Gasteiger partial charge in [0, 0.05) is 17.4 Å². The Bertz CT molecular complexity index is 866. The lowest BCUT2D eigenvalue weighted by atomic mass is 10.2. The third-order valence-corrected chi connectivity index (χ3v) is 6.12. The highest BCUT2D eigenvalue weighted by Crippen LogP contribution is 2.26. The standard InChI is InChI=1S/C16H16F3NO4S2.15CH4/c1-24-15(21)9-14-20-13(10-25-14)11-3-5-12(6-4-11)26(22,23)8-2-7-16(17,18)19;;;;;;;;;;;;;;;/h3-6,10H,2,7-9H2,1H3;15*1H4. The molecule has 1 aromatic carbocycles. The lowest BCUT2D eigenvalue weighted by Crippen LogP contribution is -2.12. The van der Waals surface area contributed by atoms with Crippen LogP contribution >= 0.6 is 11.3 Å². The second-order valence-electron chi connectivity index (χ2n) is 5.44. The summed E-state index contributed by atoms with van der Waals surface area (Å²) < 4.78 is 65.2. The second-order valence-corrected chi connectivity index (χ2v) is 8.49. The molecule has 2 rings (SSSR count). The van der Waals surface area contributed by atoms with E-state index in [4.69, 9.17) is 0 Å². The van der Waals surface area contributed by atoms with Crippen molar-refractivity contribution in [2.24, 2.45) is 0 Å². The van der Waals surface area contributed by atoms with Crippen LogP contribution in [0.5, 0.6) is 0 Å². The van der Waals surface area contributed by atoms with E-state index in [-0.39, 0.29) is 123 Å². The fourth-order valence-corrected chi connectivity index (χ4v) is 4.23. The van der Waals surface area contributed by atoms with E-state index in [0.29, 0.717) is 16.3 Å². The molecule has 0 aliphatic heterocycles. The number of thiazole rings is 1. The van der Waals surface area contributed by atoms with Gasteiger partial charge >= 0.3 is 12.1 Å². The Morgan fingerprint density at radius 1 is 0.805 bits per heavy atom. The van der Waals surface area contributed by atoms with Crippen LogP contribution in [0.2, 0.25) is 0 Å². The van der Waals surface area contributed by atoms with E-state index in [0.717, 1.165) is 0 Å². The zero-order chi connectivity index (χ0) is 19.4. The van der Waals surface area contributed by atoms with Crippen LogP contribution in [-0.4, -0.2) is 38.4 Å². The minimum Gasteiger partial charge on any atom is -0.469 e. The molecule has 0 bridgehead atoms. The molecule has 10 heteroatoms. The largest absolute Gasteiger partial charge is 0.469 e. The number of halogens is 3. The maximum Gasteiger partial charge on any atom is 0.389 e. The maximum atomic E-state index is 12.1. The third-order valence-electron chi connectivity index (χ3n) is 3.46. The first-order chi connectivity index (χ1) is 12.1. The van der Waals surface area contributed by atoms with Crippen LogP contribution in [0, 0.1) is 0 Å². The SMILES string of the molecule is C.C.C.C.C.C.C.C.C.C.C.C.C.C.C.COC(=O)Cc1nc(-c2ccc(S(=O)(=O)CCCC(F)(F)F)cc2)cs1. The molecule has 0 aliphatic rings. The summed E-state index contributed by atoms with van der Waals surface area (Å²) in [6.45, 7) is 0. The molecule has 0 spiro atoms. The minimum atomic E-state index is -4.37. The Labute approximate surface area is 263 Å². The van der Waals surface area contributed by atoms with Gasteiger partial charge in [-0.05, 0) is 18.6 Å². The van der Waals surface area contributed by atoms with Crippen molar-refractivity contribution in [3.05, 3.63) is 34.7 Å². The number of carbonyl (C=O) groups is 1. The molecule has 0 saturated carbocycles. The second kappa shape index (κ2) is 38.1. The number of ether oxygens (including phenoxy) is 1. The molecule has 1 aromatic heterocycles. The van der Waals surface area contributed by atoms with Gasteiger partial charge in [-0.25, -0.2) is 13.4 Å². The van der Waals surface area contributed by atoms with Crippen LogP contribution in [0.15, 0.2) is 34.5 Å². The van der Waals surface area contributed by atoms with Crippen molar-refractivity contribution in [1.29, 1.82) is 0 Å². The van der Waals surface area contributed by atoms with Gasteiger partial charge in [-0.1, -0.05) is 124 Å². The molecule has 2 aromatic rings. The molecule has 0 saturated heterocycles. The zero-order valence-corrected chi connectivity index (χ0v) is 15.4. The van der Waals surface area contributed by atoms with Gasteiger partial charge in [0.1, 0.15) is 5.01 Å². The van der Waals surface area contributed by atoms with Gasteiger partial charge in [0.05, 0.1) is 29.9 Å². The Morgan fingerprint density at radius 3 is 1.59 bits per heavy atom. The first-order valence-corrected chi connectivity index (χ1v) is 10.0. The van der Waals surface area contributed by atoms with Crippen molar-refractivity contribution in [2.75, 3.05) is 12.9 Å². The van der Waals surface area contributed by atoms with E-state index in [1.54, 1.807) is 5.38 Å². The monoisotopic (exact) mass is 648 g/mol. The number of sulfone groups is 1. The van der Waals surface area contributed by atoms with Gasteiger partial charge in [-0.2, -0.15) is 13.2 Å². The lowest BCUT2D eigenvalue weighted by Gasteiger charge is -2.07. The van der Waals surface area contributed by atoms with Crippen molar-refractivity contribution in [2.45, 2.75) is 142 Å². The fourth-order valence-electron chi connectivity index (χ4n) is 2.13. The molecule has 0 radical (unpaired) electrons. The van der Waals surface area contributed by atoms with Crippen molar-refractivity contribution in [1.82, 2.24) is 4.98 Å². The molecular formula is C31H76F3NO4S2. The van der Waals surface area contributed by atoms with E-state index in [2.05, 4.69) is 9.72 Å². The number of alkyl halides is 3. The fraction of sp³-hybridized carbons (Fsp3) is 0.677. The smallest absolute Gasteiger partial charge is 0.389 e. The van der Waals surface area contributed by atoms with Crippen LogP contribution in [-0.2, 0) is 25.8 Å². The quantitative estimate of drug-likeness (QED) is 0.280. The molecule has 41 heavy (non-hydrogen) atoms. The molecule has 0 amide bonds. The molecule has 0 fully saturated rings. The molecule has 5 nitrogen and oxygen atoms in total. The van der Waals surface area contributed by atoms with Crippen LogP contribution in [0.3, 0.4) is 0 Å². The lowest BCUT2D eigenvalue weighted by molar-refractivity contribution is -0.139. The highest BCUT2D eigenvalue weighted by Gasteiger charge is 2.27. The molecule has 0 N–H and O–H groups in total. The number of esters is 1. The van der Waals surface area contributed by atoms with Crippen LogP contribution < -0.4 is 0 Å². The summed E-state index contributed by atoms with van der Waals surface area (Å²) in [5.41, 5.74) is 1.22. The van der Waals surface area contributed by atoms with Crippen LogP contribution in [0.1, 0.15) is 129 Å². The van der Waals surface area contributed by atoms with Crippen LogP contribution in [0.25, 0.3) is 11.3 Å². The van der Waals surface area contributed by atoms with Crippen LogP contribution in [0.4, 0.5) is 13.2 Å². The summed E-state index contributed by atoms with van der Waals surface area (Å²) in [4.78, 5) is 15.5. The summed E-state index contributed by atoms with van der Waals surface area (Å²) in [6, 6.07) is 5.76. The molecule has 0 atom stereocenters. The topological polar surface area (TPSA) is 73.3 Å². The number of carbonyl (C=O) groups excluding carboxylic acids is 1. The third kappa shape index (κ3) is 29.4. The number of hydrogen-bond acceptors (Lipinski definition) is 6. The normalized spacial score (nSPS) is 7.71. The average molecular weight is 648 g/mol. The predicted molar refractivity (Wildman–Crippen MR) is 192 cm³/mol. The molecule has 1 heterocycles.